The summed E-state index contributed by atoms with van der Waals surface area (Å²) in [4.78, 5) is 11.0. The van der Waals surface area contributed by atoms with E-state index < -0.39 is 0 Å². The van der Waals surface area contributed by atoms with Gasteiger partial charge in [0.05, 0.1) is 13.5 Å². The maximum absolute atomic E-state index is 11.0. The van der Waals surface area contributed by atoms with E-state index >= 15 is 0 Å². The van der Waals surface area contributed by atoms with Crippen molar-refractivity contribution < 1.29 is 9.53 Å². The fourth-order valence-electron chi connectivity index (χ4n) is 1.83. The molecule has 0 heterocycles. The standard InChI is InChI=1S/C10H19NO2/c1-10(11,7-9(12)13-2)6-8-4-3-5-8/h8H,3-7,11H2,1-2H3. The van der Waals surface area contributed by atoms with Crippen molar-refractivity contribution in [2.45, 2.75) is 44.6 Å². The molecule has 2 N–H and O–H groups in total. The third kappa shape index (κ3) is 3.35. The van der Waals surface area contributed by atoms with Crippen molar-refractivity contribution >= 4 is 5.97 Å². The molecular formula is C10H19NO2. The lowest BCUT2D eigenvalue weighted by atomic mass is 9.76. The van der Waals surface area contributed by atoms with Gasteiger partial charge in [-0.15, -0.1) is 0 Å². The Morgan fingerprint density at radius 1 is 1.62 bits per heavy atom. The van der Waals surface area contributed by atoms with Crippen molar-refractivity contribution in [3.63, 3.8) is 0 Å². The van der Waals surface area contributed by atoms with Gasteiger partial charge in [0.15, 0.2) is 0 Å². The number of ether oxygens (including phenoxy) is 1. The van der Waals surface area contributed by atoms with Crippen molar-refractivity contribution in [1.82, 2.24) is 0 Å². The molecule has 1 aliphatic carbocycles. The Bertz CT molecular complexity index is 185. The first-order valence-corrected chi connectivity index (χ1v) is 4.89. The highest BCUT2D eigenvalue weighted by Crippen LogP contribution is 2.33. The van der Waals surface area contributed by atoms with Gasteiger partial charge in [-0.25, -0.2) is 0 Å². The van der Waals surface area contributed by atoms with Crippen molar-refractivity contribution in [2.24, 2.45) is 11.7 Å². The average molecular weight is 185 g/mol. The number of esters is 1. The Hall–Kier alpha value is -0.570. The predicted molar refractivity (Wildman–Crippen MR) is 51.2 cm³/mol. The summed E-state index contributed by atoms with van der Waals surface area (Å²) in [5, 5.41) is 0. The molecule has 0 bridgehead atoms. The summed E-state index contributed by atoms with van der Waals surface area (Å²) in [5.41, 5.74) is 5.63. The molecule has 0 aliphatic heterocycles. The second-order valence-electron chi connectivity index (χ2n) is 4.41. The number of hydrogen-bond acceptors (Lipinski definition) is 3. The zero-order valence-electron chi connectivity index (χ0n) is 8.51. The van der Waals surface area contributed by atoms with Crippen LogP contribution in [0.15, 0.2) is 0 Å². The molecule has 1 fully saturated rings. The maximum Gasteiger partial charge on any atom is 0.307 e. The van der Waals surface area contributed by atoms with E-state index in [1.165, 1.54) is 26.4 Å². The molecule has 1 aliphatic rings. The largest absolute Gasteiger partial charge is 0.469 e. The minimum atomic E-state index is -0.377. The summed E-state index contributed by atoms with van der Waals surface area (Å²) in [6.45, 7) is 1.93. The van der Waals surface area contributed by atoms with Gasteiger partial charge in [-0.2, -0.15) is 0 Å². The molecule has 0 radical (unpaired) electrons. The van der Waals surface area contributed by atoms with Crippen LogP contribution in [0, 0.1) is 5.92 Å². The van der Waals surface area contributed by atoms with E-state index in [1.807, 2.05) is 6.92 Å². The van der Waals surface area contributed by atoms with Crippen molar-refractivity contribution in [3.05, 3.63) is 0 Å². The van der Waals surface area contributed by atoms with E-state index in [0.29, 0.717) is 6.42 Å². The zero-order valence-corrected chi connectivity index (χ0v) is 8.51. The molecule has 0 aromatic heterocycles. The summed E-state index contributed by atoms with van der Waals surface area (Å²) in [5.74, 6) is 0.531. The molecule has 1 atom stereocenters. The molecule has 0 spiro atoms. The van der Waals surface area contributed by atoms with E-state index in [0.717, 1.165) is 12.3 Å². The van der Waals surface area contributed by atoms with Crippen LogP contribution >= 0.6 is 0 Å². The average Bonchev–Trinajstić information content (AvgIpc) is 1.96. The highest BCUT2D eigenvalue weighted by Gasteiger charge is 2.29. The molecule has 3 nitrogen and oxygen atoms in total. The maximum atomic E-state index is 11.0. The van der Waals surface area contributed by atoms with Crippen molar-refractivity contribution in [1.29, 1.82) is 0 Å². The van der Waals surface area contributed by atoms with Crippen LogP contribution in [-0.2, 0) is 9.53 Å². The van der Waals surface area contributed by atoms with Gasteiger partial charge < -0.3 is 10.5 Å². The minimum absolute atomic E-state index is 0.204. The van der Waals surface area contributed by atoms with Crippen LogP contribution in [-0.4, -0.2) is 18.6 Å². The highest BCUT2D eigenvalue weighted by atomic mass is 16.5. The molecule has 0 saturated heterocycles. The van der Waals surface area contributed by atoms with E-state index in [4.69, 9.17) is 5.73 Å². The molecule has 0 aromatic rings. The molecular weight excluding hydrogens is 166 g/mol. The monoisotopic (exact) mass is 185 g/mol. The normalized spacial score (nSPS) is 21.8. The second kappa shape index (κ2) is 4.09. The number of methoxy groups -OCH3 is 1. The second-order valence-corrected chi connectivity index (χ2v) is 4.41. The third-order valence-electron chi connectivity index (χ3n) is 2.76. The van der Waals surface area contributed by atoms with E-state index in [-0.39, 0.29) is 11.5 Å². The van der Waals surface area contributed by atoms with Gasteiger partial charge in [0, 0.05) is 5.54 Å². The topological polar surface area (TPSA) is 52.3 Å². The number of carbonyl (C=O) groups excluding carboxylic acids is 1. The molecule has 76 valence electrons. The predicted octanol–water partition coefficient (Wildman–Crippen LogP) is 1.46. The van der Waals surface area contributed by atoms with Crippen LogP contribution < -0.4 is 5.73 Å². The van der Waals surface area contributed by atoms with E-state index in [2.05, 4.69) is 4.74 Å². The third-order valence-corrected chi connectivity index (χ3v) is 2.76. The Morgan fingerprint density at radius 2 is 2.23 bits per heavy atom. The Kier molecular flexibility index (Phi) is 3.31. The lowest BCUT2D eigenvalue weighted by Crippen LogP contribution is -2.41. The van der Waals surface area contributed by atoms with Crippen molar-refractivity contribution in [2.75, 3.05) is 7.11 Å². The summed E-state index contributed by atoms with van der Waals surface area (Å²) in [6.07, 6.45) is 5.14. The molecule has 1 saturated carbocycles. The smallest absolute Gasteiger partial charge is 0.307 e. The Morgan fingerprint density at radius 3 is 2.62 bits per heavy atom. The van der Waals surface area contributed by atoms with Crippen LogP contribution in [0.4, 0.5) is 0 Å². The number of carbonyl (C=O) groups is 1. The van der Waals surface area contributed by atoms with Gasteiger partial charge in [-0.05, 0) is 19.3 Å². The first kappa shape index (κ1) is 10.5. The van der Waals surface area contributed by atoms with Crippen LogP contribution in [0.5, 0.6) is 0 Å². The lowest BCUT2D eigenvalue weighted by molar-refractivity contribution is -0.142. The molecule has 13 heavy (non-hydrogen) atoms. The molecule has 1 unspecified atom stereocenters. The van der Waals surface area contributed by atoms with Crippen LogP contribution in [0.1, 0.15) is 39.0 Å². The van der Waals surface area contributed by atoms with Gasteiger partial charge in [0.1, 0.15) is 0 Å². The SMILES string of the molecule is COC(=O)CC(C)(N)CC1CCC1. The molecule has 3 heteroatoms. The van der Waals surface area contributed by atoms with E-state index in [1.54, 1.807) is 0 Å². The van der Waals surface area contributed by atoms with Crippen LogP contribution in [0.25, 0.3) is 0 Å². The fourth-order valence-corrected chi connectivity index (χ4v) is 1.83. The number of nitrogens with two attached hydrogens (primary N) is 1. The fraction of sp³-hybridized carbons (Fsp3) is 0.900. The summed E-state index contributed by atoms with van der Waals surface area (Å²) in [7, 11) is 1.40. The Balaban J connectivity index is 2.30. The van der Waals surface area contributed by atoms with Gasteiger partial charge in [0.2, 0.25) is 0 Å². The first-order valence-electron chi connectivity index (χ1n) is 4.89. The number of rotatable bonds is 4. The van der Waals surface area contributed by atoms with Crippen LogP contribution in [0.2, 0.25) is 0 Å². The van der Waals surface area contributed by atoms with Gasteiger partial charge >= 0.3 is 5.97 Å². The number of hydrogen-bond donors (Lipinski definition) is 1. The van der Waals surface area contributed by atoms with Crippen LogP contribution in [0.3, 0.4) is 0 Å². The van der Waals surface area contributed by atoms with Gasteiger partial charge in [-0.3, -0.25) is 4.79 Å². The minimum Gasteiger partial charge on any atom is -0.469 e. The lowest BCUT2D eigenvalue weighted by Gasteiger charge is -2.33. The van der Waals surface area contributed by atoms with Gasteiger partial charge in [-0.1, -0.05) is 19.3 Å². The Labute approximate surface area is 79.6 Å². The quantitative estimate of drug-likeness (QED) is 0.674. The summed E-state index contributed by atoms with van der Waals surface area (Å²) < 4.78 is 4.60. The molecule has 0 amide bonds. The highest BCUT2D eigenvalue weighted by molar-refractivity contribution is 5.70. The summed E-state index contributed by atoms with van der Waals surface area (Å²) >= 11 is 0. The van der Waals surface area contributed by atoms with Crippen molar-refractivity contribution in [3.8, 4) is 0 Å². The van der Waals surface area contributed by atoms with Gasteiger partial charge in [0.25, 0.3) is 0 Å². The zero-order chi connectivity index (χ0) is 9.90. The van der Waals surface area contributed by atoms with E-state index in [9.17, 15) is 4.79 Å². The first-order chi connectivity index (χ1) is 6.03. The molecule has 0 aromatic carbocycles. The summed E-state index contributed by atoms with van der Waals surface area (Å²) in [6, 6.07) is 0. The molecule has 1 rings (SSSR count).